The van der Waals surface area contributed by atoms with Gasteiger partial charge in [0.2, 0.25) is 0 Å². The van der Waals surface area contributed by atoms with Crippen molar-refractivity contribution in [3.05, 3.63) is 33.9 Å². The fourth-order valence-corrected chi connectivity index (χ4v) is 1.86. The Kier molecular flexibility index (Phi) is 5.75. The molecule has 0 spiro atoms. The summed E-state index contributed by atoms with van der Waals surface area (Å²) in [5.74, 6) is 0.639. The maximum absolute atomic E-state index is 10.7. The SMILES string of the molecule is CC(C)(C)OCCOc1ccc([N+](=O)[O-])cc1CBr. The van der Waals surface area contributed by atoms with E-state index in [2.05, 4.69) is 15.9 Å². The van der Waals surface area contributed by atoms with Gasteiger partial charge < -0.3 is 9.47 Å². The van der Waals surface area contributed by atoms with E-state index in [1.165, 1.54) is 12.1 Å². The lowest BCUT2D eigenvalue weighted by molar-refractivity contribution is -0.384. The molecule has 106 valence electrons. The third-order valence-electron chi connectivity index (χ3n) is 2.27. The number of halogens is 1. The molecule has 0 aliphatic rings. The second-order valence-electron chi connectivity index (χ2n) is 4.99. The molecule has 0 aromatic heterocycles. The Morgan fingerprint density at radius 3 is 2.53 bits per heavy atom. The second kappa shape index (κ2) is 6.86. The van der Waals surface area contributed by atoms with E-state index in [4.69, 9.17) is 9.47 Å². The molecule has 0 unspecified atom stereocenters. The first-order valence-corrected chi connectivity index (χ1v) is 7.05. The molecular weight excluding hydrogens is 314 g/mol. The molecular formula is C13H18BrNO4. The highest BCUT2D eigenvalue weighted by molar-refractivity contribution is 9.08. The molecule has 0 atom stereocenters. The van der Waals surface area contributed by atoms with Crippen LogP contribution in [0.5, 0.6) is 5.75 Å². The average Bonchev–Trinajstić information content (AvgIpc) is 2.33. The minimum absolute atomic E-state index is 0.0627. The van der Waals surface area contributed by atoms with E-state index in [0.29, 0.717) is 24.3 Å². The molecule has 0 radical (unpaired) electrons. The Hall–Kier alpha value is -1.14. The van der Waals surface area contributed by atoms with Gasteiger partial charge in [0.25, 0.3) is 5.69 Å². The Labute approximate surface area is 121 Å². The minimum Gasteiger partial charge on any atom is -0.491 e. The molecule has 0 saturated carbocycles. The number of nitro groups is 1. The summed E-state index contributed by atoms with van der Waals surface area (Å²) in [5, 5.41) is 11.2. The third-order valence-corrected chi connectivity index (χ3v) is 2.88. The molecule has 0 aliphatic heterocycles. The number of nitrogens with zero attached hydrogens (tertiary/aromatic N) is 1. The van der Waals surface area contributed by atoms with Crippen LogP contribution in [0.4, 0.5) is 5.69 Å². The first-order valence-electron chi connectivity index (χ1n) is 5.93. The standard InChI is InChI=1S/C13H18BrNO4/c1-13(2,3)19-7-6-18-12-5-4-11(15(16)17)8-10(12)9-14/h4-5,8H,6-7,9H2,1-3H3. The molecule has 19 heavy (non-hydrogen) atoms. The molecule has 6 heteroatoms. The van der Waals surface area contributed by atoms with Crippen molar-refractivity contribution in [3.63, 3.8) is 0 Å². The van der Waals surface area contributed by atoms with Gasteiger partial charge in [-0.15, -0.1) is 0 Å². The number of ether oxygens (including phenoxy) is 2. The van der Waals surface area contributed by atoms with Crippen molar-refractivity contribution in [2.45, 2.75) is 31.7 Å². The maximum Gasteiger partial charge on any atom is 0.270 e. The predicted molar refractivity (Wildman–Crippen MR) is 76.9 cm³/mol. The van der Waals surface area contributed by atoms with Gasteiger partial charge in [-0.05, 0) is 26.8 Å². The Bertz CT molecular complexity index is 443. The van der Waals surface area contributed by atoms with Gasteiger partial charge in [-0.1, -0.05) is 15.9 Å². The van der Waals surface area contributed by atoms with Gasteiger partial charge in [0.15, 0.2) is 0 Å². The molecule has 0 fully saturated rings. The third kappa shape index (κ3) is 5.57. The van der Waals surface area contributed by atoms with Crippen LogP contribution in [-0.4, -0.2) is 23.7 Å². The number of benzene rings is 1. The molecule has 0 heterocycles. The highest BCUT2D eigenvalue weighted by Crippen LogP contribution is 2.26. The predicted octanol–water partition coefficient (Wildman–Crippen LogP) is 3.68. The topological polar surface area (TPSA) is 61.6 Å². The van der Waals surface area contributed by atoms with Crippen LogP contribution in [0.2, 0.25) is 0 Å². The van der Waals surface area contributed by atoms with Crippen LogP contribution in [-0.2, 0) is 10.1 Å². The van der Waals surface area contributed by atoms with Crippen LogP contribution in [0, 0.1) is 10.1 Å². The van der Waals surface area contributed by atoms with Crippen LogP contribution in [0.25, 0.3) is 0 Å². The summed E-state index contributed by atoms with van der Waals surface area (Å²) >= 11 is 3.30. The van der Waals surface area contributed by atoms with Gasteiger partial charge in [-0.3, -0.25) is 10.1 Å². The van der Waals surface area contributed by atoms with Crippen LogP contribution in [0.3, 0.4) is 0 Å². The number of hydrogen-bond donors (Lipinski definition) is 0. The van der Waals surface area contributed by atoms with Gasteiger partial charge in [0.1, 0.15) is 12.4 Å². The quantitative estimate of drug-likeness (QED) is 0.345. The van der Waals surface area contributed by atoms with E-state index in [-0.39, 0.29) is 11.3 Å². The number of nitro benzene ring substituents is 1. The molecule has 0 saturated heterocycles. The average molecular weight is 332 g/mol. The van der Waals surface area contributed by atoms with E-state index in [1.54, 1.807) is 6.07 Å². The van der Waals surface area contributed by atoms with Crippen LogP contribution < -0.4 is 4.74 Å². The Morgan fingerprint density at radius 2 is 2.00 bits per heavy atom. The number of hydrogen-bond acceptors (Lipinski definition) is 4. The molecule has 0 amide bonds. The van der Waals surface area contributed by atoms with Crippen molar-refractivity contribution in [1.29, 1.82) is 0 Å². The molecule has 0 aliphatic carbocycles. The highest BCUT2D eigenvalue weighted by atomic mass is 79.9. The van der Waals surface area contributed by atoms with Crippen LogP contribution in [0.1, 0.15) is 26.3 Å². The maximum atomic E-state index is 10.7. The summed E-state index contributed by atoms with van der Waals surface area (Å²) in [6.07, 6.45) is 0. The normalized spacial score (nSPS) is 11.4. The summed E-state index contributed by atoms with van der Waals surface area (Å²) in [5.41, 5.74) is 0.620. The monoisotopic (exact) mass is 331 g/mol. The molecule has 0 N–H and O–H groups in total. The van der Waals surface area contributed by atoms with E-state index in [1.807, 2.05) is 20.8 Å². The van der Waals surface area contributed by atoms with E-state index in [0.717, 1.165) is 5.56 Å². The molecule has 0 bridgehead atoms. The smallest absolute Gasteiger partial charge is 0.270 e. The Morgan fingerprint density at radius 1 is 1.32 bits per heavy atom. The molecule has 5 nitrogen and oxygen atoms in total. The van der Waals surface area contributed by atoms with Crippen molar-refractivity contribution >= 4 is 21.6 Å². The van der Waals surface area contributed by atoms with Crippen molar-refractivity contribution in [2.24, 2.45) is 0 Å². The van der Waals surface area contributed by atoms with Crippen molar-refractivity contribution < 1.29 is 14.4 Å². The van der Waals surface area contributed by atoms with Gasteiger partial charge >= 0.3 is 0 Å². The van der Waals surface area contributed by atoms with Crippen molar-refractivity contribution in [1.82, 2.24) is 0 Å². The summed E-state index contributed by atoms with van der Waals surface area (Å²) < 4.78 is 11.1. The highest BCUT2D eigenvalue weighted by Gasteiger charge is 2.12. The summed E-state index contributed by atoms with van der Waals surface area (Å²) in [4.78, 5) is 10.3. The summed E-state index contributed by atoms with van der Waals surface area (Å²) in [6, 6.07) is 4.56. The van der Waals surface area contributed by atoms with Gasteiger partial charge in [-0.2, -0.15) is 0 Å². The first-order chi connectivity index (χ1) is 8.83. The van der Waals surface area contributed by atoms with Crippen LogP contribution in [0.15, 0.2) is 18.2 Å². The largest absolute Gasteiger partial charge is 0.491 e. The van der Waals surface area contributed by atoms with E-state index in [9.17, 15) is 10.1 Å². The molecule has 1 aromatic rings. The minimum atomic E-state index is -0.418. The second-order valence-corrected chi connectivity index (χ2v) is 5.55. The fraction of sp³-hybridized carbons (Fsp3) is 0.538. The fourth-order valence-electron chi connectivity index (χ4n) is 1.42. The lowest BCUT2D eigenvalue weighted by Crippen LogP contribution is -2.22. The zero-order valence-electron chi connectivity index (χ0n) is 11.3. The van der Waals surface area contributed by atoms with Gasteiger partial charge in [-0.25, -0.2) is 0 Å². The Balaban J connectivity index is 2.61. The van der Waals surface area contributed by atoms with Gasteiger partial charge in [0.05, 0.1) is 17.1 Å². The summed E-state index contributed by atoms with van der Waals surface area (Å²) in [7, 11) is 0. The molecule has 1 rings (SSSR count). The van der Waals surface area contributed by atoms with E-state index >= 15 is 0 Å². The van der Waals surface area contributed by atoms with Crippen molar-refractivity contribution in [3.8, 4) is 5.75 Å². The van der Waals surface area contributed by atoms with Crippen molar-refractivity contribution in [2.75, 3.05) is 13.2 Å². The van der Waals surface area contributed by atoms with Gasteiger partial charge in [0, 0.05) is 23.0 Å². The lowest BCUT2D eigenvalue weighted by Gasteiger charge is -2.19. The van der Waals surface area contributed by atoms with E-state index < -0.39 is 4.92 Å². The zero-order valence-corrected chi connectivity index (χ0v) is 12.9. The summed E-state index contributed by atoms with van der Waals surface area (Å²) in [6.45, 7) is 6.81. The number of non-ortho nitro benzene ring substituents is 1. The number of rotatable bonds is 6. The first kappa shape index (κ1) is 15.9. The number of alkyl halides is 1. The zero-order chi connectivity index (χ0) is 14.5. The lowest BCUT2D eigenvalue weighted by atomic mass is 10.2. The molecule has 1 aromatic carbocycles. The van der Waals surface area contributed by atoms with Crippen LogP contribution >= 0.6 is 15.9 Å².